The van der Waals surface area contributed by atoms with Crippen molar-refractivity contribution < 1.29 is 13.2 Å². The fourth-order valence-electron chi connectivity index (χ4n) is 4.09. The summed E-state index contributed by atoms with van der Waals surface area (Å²) >= 11 is 0. The summed E-state index contributed by atoms with van der Waals surface area (Å²) in [5, 5.41) is 0. The highest BCUT2D eigenvalue weighted by atomic mass is 32.2. The summed E-state index contributed by atoms with van der Waals surface area (Å²) in [5.74, 6) is 1.33. The van der Waals surface area contributed by atoms with E-state index < -0.39 is 10.0 Å². The molecule has 1 amide bonds. The van der Waals surface area contributed by atoms with Gasteiger partial charge in [-0.05, 0) is 42.5 Å². The smallest absolute Gasteiger partial charge is 0.242 e. The molecular formula is C19H24N4O3S. The van der Waals surface area contributed by atoms with Crippen molar-refractivity contribution in [3.8, 4) is 0 Å². The summed E-state index contributed by atoms with van der Waals surface area (Å²) < 4.78 is 29.7. The van der Waals surface area contributed by atoms with Gasteiger partial charge in [-0.15, -0.1) is 0 Å². The highest BCUT2D eigenvalue weighted by molar-refractivity contribution is 7.89. The van der Waals surface area contributed by atoms with Crippen LogP contribution in [0.4, 0.5) is 5.69 Å². The molecule has 0 saturated carbocycles. The molecule has 8 heteroatoms. The van der Waals surface area contributed by atoms with Crippen molar-refractivity contribution in [3.63, 3.8) is 0 Å². The molecule has 2 aromatic rings. The predicted octanol–water partition coefficient (Wildman–Crippen LogP) is 1.68. The number of nitrogens with zero attached hydrogens (tertiary/aromatic N) is 4. The number of sulfonamides is 1. The zero-order valence-corrected chi connectivity index (χ0v) is 16.4. The van der Waals surface area contributed by atoms with Crippen molar-refractivity contribution in [2.24, 2.45) is 5.92 Å². The maximum Gasteiger partial charge on any atom is 0.242 e. The number of benzene rings is 1. The third kappa shape index (κ3) is 3.27. The van der Waals surface area contributed by atoms with Crippen LogP contribution in [0, 0.1) is 5.92 Å². The minimum atomic E-state index is -3.56. The van der Waals surface area contributed by atoms with Gasteiger partial charge in [-0.1, -0.05) is 0 Å². The van der Waals surface area contributed by atoms with Crippen LogP contribution in [0.25, 0.3) is 0 Å². The van der Waals surface area contributed by atoms with Gasteiger partial charge in [0.05, 0.1) is 4.90 Å². The predicted molar refractivity (Wildman–Crippen MR) is 102 cm³/mol. The molecule has 0 fully saturated rings. The van der Waals surface area contributed by atoms with Crippen LogP contribution in [0.5, 0.6) is 0 Å². The van der Waals surface area contributed by atoms with Crippen LogP contribution in [0.2, 0.25) is 0 Å². The number of carbonyl (C=O) groups is 1. The average molecular weight is 388 g/mol. The molecule has 0 spiro atoms. The molecule has 0 saturated heterocycles. The Kier molecular flexibility index (Phi) is 4.55. The third-order valence-corrected chi connectivity index (χ3v) is 7.40. The quantitative estimate of drug-likeness (QED) is 0.799. The van der Waals surface area contributed by atoms with Crippen LogP contribution in [-0.4, -0.2) is 48.3 Å². The minimum absolute atomic E-state index is 0.0161. The molecule has 2 aliphatic rings. The van der Waals surface area contributed by atoms with E-state index in [0.717, 1.165) is 36.5 Å². The van der Waals surface area contributed by atoms with Crippen molar-refractivity contribution in [2.45, 2.75) is 37.6 Å². The zero-order valence-electron chi connectivity index (χ0n) is 15.6. The van der Waals surface area contributed by atoms with Gasteiger partial charge in [0.25, 0.3) is 0 Å². The number of imidazole rings is 1. The Balaban J connectivity index is 1.51. The van der Waals surface area contributed by atoms with E-state index in [1.165, 1.54) is 11.2 Å². The van der Waals surface area contributed by atoms with Gasteiger partial charge >= 0.3 is 0 Å². The molecule has 27 heavy (non-hydrogen) atoms. The molecule has 1 aromatic carbocycles. The van der Waals surface area contributed by atoms with Crippen molar-refractivity contribution in [2.75, 3.05) is 25.0 Å². The van der Waals surface area contributed by atoms with Crippen molar-refractivity contribution in [1.82, 2.24) is 13.9 Å². The van der Waals surface area contributed by atoms with Gasteiger partial charge in [-0.3, -0.25) is 4.79 Å². The molecule has 0 radical (unpaired) electrons. The van der Waals surface area contributed by atoms with Crippen LogP contribution in [0.1, 0.15) is 24.7 Å². The highest BCUT2D eigenvalue weighted by Crippen LogP contribution is 2.31. The summed E-state index contributed by atoms with van der Waals surface area (Å²) in [4.78, 5) is 18.0. The third-order valence-electron chi connectivity index (χ3n) is 5.58. The first kappa shape index (κ1) is 18.2. The molecule has 144 valence electrons. The van der Waals surface area contributed by atoms with E-state index in [1.54, 1.807) is 36.3 Å². The van der Waals surface area contributed by atoms with E-state index in [9.17, 15) is 13.2 Å². The first-order chi connectivity index (χ1) is 12.9. The van der Waals surface area contributed by atoms with Gasteiger partial charge in [0.1, 0.15) is 5.82 Å². The summed E-state index contributed by atoms with van der Waals surface area (Å²) in [6.45, 7) is 3.42. The minimum Gasteiger partial charge on any atom is -0.335 e. The van der Waals surface area contributed by atoms with E-state index in [2.05, 4.69) is 9.55 Å². The van der Waals surface area contributed by atoms with E-state index in [0.29, 0.717) is 24.4 Å². The summed E-state index contributed by atoms with van der Waals surface area (Å²) in [5.41, 5.74) is 1.74. The monoisotopic (exact) mass is 388 g/mol. The first-order valence-corrected chi connectivity index (χ1v) is 10.7. The number of carbonyl (C=O) groups excluding carboxylic acids is 1. The number of fused-ring (bicyclic) bond motifs is 2. The lowest BCUT2D eigenvalue weighted by Gasteiger charge is -2.28. The van der Waals surface area contributed by atoms with Gasteiger partial charge in [-0.25, -0.2) is 17.7 Å². The van der Waals surface area contributed by atoms with E-state index in [4.69, 9.17) is 0 Å². The number of amides is 1. The van der Waals surface area contributed by atoms with Crippen LogP contribution in [0.15, 0.2) is 35.5 Å². The van der Waals surface area contributed by atoms with Crippen LogP contribution in [-0.2, 0) is 34.2 Å². The van der Waals surface area contributed by atoms with Gasteiger partial charge in [0.2, 0.25) is 15.9 Å². The van der Waals surface area contributed by atoms with E-state index >= 15 is 0 Å². The molecule has 4 rings (SSSR count). The topological polar surface area (TPSA) is 75.5 Å². The molecule has 1 atom stereocenters. The highest BCUT2D eigenvalue weighted by Gasteiger charge is 2.29. The van der Waals surface area contributed by atoms with Crippen LogP contribution < -0.4 is 4.90 Å². The number of anilines is 1. The Bertz CT molecular complexity index is 983. The van der Waals surface area contributed by atoms with Crippen molar-refractivity contribution in [1.29, 1.82) is 0 Å². The molecule has 2 aliphatic heterocycles. The number of hydrogen-bond donors (Lipinski definition) is 0. The summed E-state index contributed by atoms with van der Waals surface area (Å²) in [6.07, 6.45) is 6.26. The van der Waals surface area contributed by atoms with E-state index in [-0.39, 0.29) is 11.8 Å². The molecule has 7 nitrogen and oxygen atoms in total. The van der Waals surface area contributed by atoms with Gasteiger partial charge in [0, 0.05) is 58.1 Å². The number of hydrogen-bond acceptors (Lipinski definition) is 4. The van der Waals surface area contributed by atoms with Gasteiger partial charge in [0.15, 0.2) is 0 Å². The molecule has 1 aromatic heterocycles. The fraction of sp³-hybridized carbons (Fsp3) is 0.474. The van der Waals surface area contributed by atoms with Gasteiger partial charge < -0.3 is 9.47 Å². The second-order valence-electron chi connectivity index (χ2n) is 7.40. The standard InChI is InChI=1S/C19H24N4O3S/c1-14(24)23-9-7-16-11-17(4-5-18(16)23)27(25,26)21(2)12-15-3-6-19-20-8-10-22(19)13-15/h4-5,8,10-11,15H,3,6-7,9,12-13H2,1-2H3. The zero-order chi connectivity index (χ0) is 19.2. The SMILES string of the molecule is CC(=O)N1CCc2cc(S(=O)(=O)N(C)CC3CCc4nccn4C3)ccc21. The molecule has 1 unspecified atom stereocenters. The second-order valence-corrected chi connectivity index (χ2v) is 9.44. The first-order valence-electron chi connectivity index (χ1n) is 9.23. The molecule has 0 N–H and O–H groups in total. The van der Waals surface area contributed by atoms with Crippen LogP contribution in [0.3, 0.4) is 0 Å². The lowest BCUT2D eigenvalue weighted by Crippen LogP contribution is -2.35. The normalized spacial score (nSPS) is 19.2. The Morgan fingerprint density at radius 2 is 2.15 bits per heavy atom. The Morgan fingerprint density at radius 3 is 2.93 bits per heavy atom. The maximum atomic E-state index is 13.0. The molecule has 0 bridgehead atoms. The molecule has 0 aliphatic carbocycles. The Hall–Kier alpha value is -2.19. The Labute approximate surface area is 159 Å². The van der Waals surface area contributed by atoms with Gasteiger partial charge in [-0.2, -0.15) is 0 Å². The van der Waals surface area contributed by atoms with E-state index in [1.807, 2.05) is 6.20 Å². The van der Waals surface area contributed by atoms with Crippen molar-refractivity contribution in [3.05, 3.63) is 42.0 Å². The fourth-order valence-corrected chi connectivity index (χ4v) is 5.39. The van der Waals surface area contributed by atoms with Crippen LogP contribution >= 0.6 is 0 Å². The van der Waals surface area contributed by atoms with Crippen molar-refractivity contribution >= 4 is 21.6 Å². The summed E-state index contributed by atoms with van der Waals surface area (Å²) in [7, 11) is -1.91. The molecular weight excluding hydrogens is 364 g/mol. The number of aryl methyl sites for hydroxylation is 1. The largest absolute Gasteiger partial charge is 0.335 e. The average Bonchev–Trinajstić information content (AvgIpc) is 3.27. The lowest BCUT2D eigenvalue weighted by molar-refractivity contribution is -0.116. The lowest BCUT2D eigenvalue weighted by atomic mass is 10.00. The second kappa shape index (κ2) is 6.76. The summed E-state index contributed by atoms with van der Waals surface area (Å²) in [6, 6.07) is 5.09. The Morgan fingerprint density at radius 1 is 1.33 bits per heavy atom. The maximum absolute atomic E-state index is 13.0. The molecule has 3 heterocycles. The number of aromatic nitrogens is 2. The number of rotatable bonds is 4.